The highest BCUT2D eigenvalue weighted by molar-refractivity contribution is 6.30. The second-order valence-electron chi connectivity index (χ2n) is 3.53. The molecule has 0 saturated carbocycles. The molecule has 2 aromatic heterocycles. The monoisotopic (exact) mass is 237 g/mol. The summed E-state index contributed by atoms with van der Waals surface area (Å²) in [5.74, 6) is -0.169. The van der Waals surface area contributed by atoms with Crippen molar-refractivity contribution in [2.24, 2.45) is 0 Å². The summed E-state index contributed by atoms with van der Waals surface area (Å²) >= 11 is 5.65. The van der Waals surface area contributed by atoms with Crippen molar-refractivity contribution in [3.8, 4) is 0 Å². The van der Waals surface area contributed by atoms with E-state index < -0.39 is 5.38 Å². The van der Waals surface area contributed by atoms with Gasteiger partial charge in [0.2, 0.25) is 5.91 Å². The van der Waals surface area contributed by atoms with Crippen molar-refractivity contribution in [2.45, 2.75) is 18.8 Å². The van der Waals surface area contributed by atoms with Crippen LogP contribution in [0.4, 0.5) is 0 Å². The van der Waals surface area contributed by atoms with E-state index in [9.17, 15) is 4.79 Å². The van der Waals surface area contributed by atoms with E-state index in [1.807, 2.05) is 24.4 Å². The van der Waals surface area contributed by atoms with E-state index in [1.165, 1.54) is 0 Å². The van der Waals surface area contributed by atoms with Gasteiger partial charge in [-0.1, -0.05) is 6.07 Å². The number of nitrogens with one attached hydrogen (secondary N) is 1. The number of pyridine rings is 1. The van der Waals surface area contributed by atoms with Crippen LogP contribution in [0.2, 0.25) is 0 Å². The lowest BCUT2D eigenvalue weighted by molar-refractivity contribution is -0.120. The van der Waals surface area contributed by atoms with Gasteiger partial charge in [0.15, 0.2) is 0 Å². The van der Waals surface area contributed by atoms with Crippen molar-refractivity contribution in [2.75, 3.05) is 0 Å². The minimum absolute atomic E-state index is 0.169. The van der Waals surface area contributed by atoms with Gasteiger partial charge in [-0.25, -0.2) is 4.52 Å². The third-order valence-corrected chi connectivity index (χ3v) is 2.52. The molecule has 16 heavy (non-hydrogen) atoms. The van der Waals surface area contributed by atoms with Gasteiger partial charge in [0.1, 0.15) is 5.38 Å². The Balaban J connectivity index is 2.13. The first-order valence-corrected chi connectivity index (χ1v) is 5.45. The highest BCUT2D eigenvalue weighted by atomic mass is 35.5. The fourth-order valence-electron chi connectivity index (χ4n) is 1.45. The molecule has 0 saturated heterocycles. The average molecular weight is 238 g/mol. The number of alkyl halides is 1. The molecule has 1 N–H and O–H groups in total. The fraction of sp³-hybridized carbons (Fsp3) is 0.273. The molecule has 0 aliphatic heterocycles. The van der Waals surface area contributed by atoms with E-state index in [2.05, 4.69) is 10.4 Å². The Labute approximate surface area is 98.2 Å². The van der Waals surface area contributed by atoms with Gasteiger partial charge in [-0.2, -0.15) is 5.10 Å². The Morgan fingerprint density at radius 3 is 3.19 bits per heavy atom. The molecule has 0 fully saturated rings. The number of carbonyl (C=O) groups excluding carboxylic acids is 1. The second-order valence-corrected chi connectivity index (χ2v) is 4.19. The average Bonchev–Trinajstić information content (AvgIpc) is 2.69. The highest BCUT2D eigenvalue weighted by Gasteiger charge is 2.09. The Morgan fingerprint density at radius 2 is 2.44 bits per heavy atom. The normalized spacial score (nSPS) is 12.6. The predicted molar refractivity (Wildman–Crippen MR) is 62.4 cm³/mol. The third kappa shape index (κ3) is 2.17. The smallest absolute Gasteiger partial charge is 0.238 e. The first-order valence-electron chi connectivity index (χ1n) is 5.01. The van der Waals surface area contributed by atoms with E-state index in [1.54, 1.807) is 17.6 Å². The zero-order valence-electron chi connectivity index (χ0n) is 8.85. The zero-order valence-corrected chi connectivity index (χ0v) is 9.61. The Kier molecular flexibility index (Phi) is 3.10. The second kappa shape index (κ2) is 4.53. The van der Waals surface area contributed by atoms with Crippen LogP contribution in [0, 0.1) is 0 Å². The number of carbonyl (C=O) groups is 1. The van der Waals surface area contributed by atoms with Crippen LogP contribution >= 0.6 is 11.6 Å². The summed E-state index contributed by atoms with van der Waals surface area (Å²) in [6.07, 6.45) is 3.61. The van der Waals surface area contributed by atoms with Crippen molar-refractivity contribution in [3.05, 3.63) is 36.2 Å². The van der Waals surface area contributed by atoms with Gasteiger partial charge in [-0.15, -0.1) is 11.6 Å². The zero-order chi connectivity index (χ0) is 11.5. The first-order chi connectivity index (χ1) is 7.68. The van der Waals surface area contributed by atoms with Gasteiger partial charge in [0.05, 0.1) is 11.7 Å². The van der Waals surface area contributed by atoms with Crippen LogP contribution in [0.5, 0.6) is 0 Å². The van der Waals surface area contributed by atoms with Crippen LogP contribution in [0.25, 0.3) is 5.52 Å². The standard InChI is InChI=1S/C11H12ClN3O/c1-8(12)11(16)13-6-9-7-14-15-5-3-2-4-10(9)15/h2-5,7-8H,6H2,1H3,(H,13,16). The Morgan fingerprint density at radius 1 is 1.62 bits per heavy atom. The van der Waals surface area contributed by atoms with Crippen molar-refractivity contribution < 1.29 is 4.79 Å². The summed E-state index contributed by atoms with van der Waals surface area (Å²) in [4.78, 5) is 11.3. The van der Waals surface area contributed by atoms with Gasteiger partial charge in [-0.3, -0.25) is 4.79 Å². The molecule has 0 aliphatic rings. The minimum atomic E-state index is -0.512. The number of fused-ring (bicyclic) bond motifs is 1. The largest absolute Gasteiger partial charge is 0.351 e. The number of hydrogen-bond acceptors (Lipinski definition) is 2. The van der Waals surface area contributed by atoms with Crippen LogP contribution in [-0.4, -0.2) is 20.9 Å². The highest BCUT2D eigenvalue weighted by Crippen LogP contribution is 2.09. The van der Waals surface area contributed by atoms with Gasteiger partial charge >= 0.3 is 0 Å². The molecule has 2 heterocycles. The van der Waals surface area contributed by atoms with E-state index in [-0.39, 0.29) is 5.91 Å². The molecule has 1 amide bonds. The number of amides is 1. The van der Waals surface area contributed by atoms with Crippen LogP contribution in [0.1, 0.15) is 12.5 Å². The lowest BCUT2D eigenvalue weighted by Gasteiger charge is -2.04. The topological polar surface area (TPSA) is 46.4 Å². The molecule has 0 aromatic carbocycles. The molecule has 5 heteroatoms. The van der Waals surface area contributed by atoms with E-state index in [0.29, 0.717) is 6.54 Å². The quantitative estimate of drug-likeness (QED) is 0.824. The number of halogens is 1. The molecule has 0 radical (unpaired) electrons. The van der Waals surface area contributed by atoms with Gasteiger partial charge in [0.25, 0.3) is 0 Å². The summed E-state index contributed by atoms with van der Waals surface area (Å²) in [5.41, 5.74) is 1.97. The number of aromatic nitrogens is 2. The molecule has 0 spiro atoms. The summed E-state index contributed by atoms with van der Waals surface area (Å²) in [6.45, 7) is 2.09. The number of rotatable bonds is 3. The van der Waals surface area contributed by atoms with Crippen molar-refractivity contribution in [1.29, 1.82) is 0 Å². The molecule has 1 atom stereocenters. The molecule has 1 unspecified atom stereocenters. The van der Waals surface area contributed by atoms with Crippen molar-refractivity contribution >= 4 is 23.0 Å². The Bertz CT molecular complexity index is 507. The van der Waals surface area contributed by atoms with Crippen molar-refractivity contribution in [1.82, 2.24) is 14.9 Å². The van der Waals surface area contributed by atoms with Crippen LogP contribution in [0.15, 0.2) is 30.6 Å². The maximum Gasteiger partial charge on any atom is 0.238 e. The maximum absolute atomic E-state index is 11.3. The molecule has 4 nitrogen and oxygen atoms in total. The molecular formula is C11H12ClN3O. The molecule has 0 aliphatic carbocycles. The molecule has 2 aromatic rings. The molecular weight excluding hydrogens is 226 g/mol. The summed E-state index contributed by atoms with van der Waals surface area (Å²) in [6, 6.07) is 5.80. The molecule has 0 bridgehead atoms. The number of hydrogen-bond donors (Lipinski definition) is 1. The summed E-state index contributed by atoms with van der Waals surface area (Å²) in [7, 11) is 0. The SMILES string of the molecule is CC(Cl)C(=O)NCc1cnn2ccccc12. The van der Waals surface area contributed by atoms with Gasteiger partial charge < -0.3 is 5.32 Å². The Hall–Kier alpha value is -1.55. The molecule has 84 valence electrons. The summed E-state index contributed by atoms with van der Waals surface area (Å²) in [5, 5.41) is 6.41. The maximum atomic E-state index is 11.3. The fourth-order valence-corrected chi connectivity index (χ4v) is 1.52. The third-order valence-electron chi connectivity index (χ3n) is 2.32. The van der Waals surface area contributed by atoms with Crippen LogP contribution in [0.3, 0.4) is 0 Å². The predicted octanol–water partition coefficient (Wildman–Crippen LogP) is 1.58. The van der Waals surface area contributed by atoms with E-state index in [4.69, 9.17) is 11.6 Å². The minimum Gasteiger partial charge on any atom is -0.351 e. The van der Waals surface area contributed by atoms with Crippen LogP contribution < -0.4 is 5.32 Å². The van der Waals surface area contributed by atoms with E-state index in [0.717, 1.165) is 11.1 Å². The van der Waals surface area contributed by atoms with Gasteiger partial charge in [-0.05, 0) is 19.1 Å². The number of nitrogens with zero attached hydrogens (tertiary/aromatic N) is 2. The van der Waals surface area contributed by atoms with Crippen LogP contribution in [-0.2, 0) is 11.3 Å². The molecule has 2 rings (SSSR count). The lowest BCUT2D eigenvalue weighted by Crippen LogP contribution is -2.28. The van der Waals surface area contributed by atoms with Crippen molar-refractivity contribution in [3.63, 3.8) is 0 Å². The van der Waals surface area contributed by atoms with Gasteiger partial charge in [0, 0.05) is 18.3 Å². The van der Waals surface area contributed by atoms with E-state index >= 15 is 0 Å². The first kappa shape index (κ1) is 11.0. The lowest BCUT2D eigenvalue weighted by atomic mass is 10.2. The summed E-state index contributed by atoms with van der Waals surface area (Å²) < 4.78 is 1.77.